The zero-order valence-electron chi connectivity index (χ0n) is 24.1. The Morgan fingerprint density at radius 2 is 1.64 bits per heavy atom. The van der Waals surface area contributed by atoms with Gasteiger partial charge in [-0.05, 0) is 85.2 Å². The highest BCUT2D eigenvalue weighted by Crippen LogP contribution is 2.68. The number of aryl methyl sites for hydroxylation is 1. The van der Waals surface area contributed by atoms with Gasteiger partial charge in [0.05, 0.1) is 22.5 Å². The van der Waals surface area contributed by atoms with Crippen LogP contribution in [0, 0.1) is 36.5 Å². The first-order valence-corrected chi connectivity index (χ1v) is 16.6. The van der Waals surface area contributed by atoms with Gasteiger partial charge in [0.2, 0.25) is 11.8 Å². The number of hydrogen-bond donors (Lipinski definition) is 3. The summed E-state index contributed by atoms with van der Waals surface area (Å²) < 4.78 is 5.75. The van der Waals surface area contributed by atoms with Crippen molar-refractivity contribution in [2.24, 2.45) is 29.6 Å². The maximum absolute atomic E-state index is 13.9. The molecule has 6 unspecified atom stereocenters. The molecule has 2 aliphatic carbocycles. The number of carbonyl (C=O) groups is 3. The van der Waals surface area contributed by atoms with Crippen LogP contribution >= 0.6 is 23.1 Å². The number of aromatic amines is 1. The summed E-state index contributed by atoms with van der Waals surface area (Å²) in [7, 11) is 0. The molecule has 3 N–H and O–H groups in total. The smallest absolute Gasteiger partial charge is 0.305 e. The maximum Gasteiger partial charge on any atom is 0.305 e. The Bertz CT molecular complexity index is 1880. The maximum atomic E-state index is 13.9. The second kappa shape index (κ2) is 10.6. The third-order valence-corrected chi connectivity index (χ3v) is 12.4. The molecule has 4 aromatic rings. The van der Waals surface area contributed by atoms with Crippen molar-refractivity contribution >= 4 is 52.2 Å². The van der Waals surface area contributed by atoms with Gasteiger partial charge in [-0.15, -0.1) is 11.8 Å². The van der Waals surface area contributed by atoms with Crippen LogP contribution in [0.5, 0.6) is 11.5 Å². The average molecular weight is 640 g/mol. The van der Waals surface area contributed by atoms with Crippen molar-refractivity contribution in [3.8, 4) is 11.5 Å². The predicted octanol–water partition coefficient (Wildman–Crippen LogP) is 5.15. The van der Waals surface area contributed by atoms with Crippen LogP contribution in [0.1, 0.15) is 28.3 Å². The van der Waals surface area contributed by atoms with Crippen LogP contribution in [0.25, 0.3) is 0 Å². The number of anilines is 2. The highest BCUT2D eigenvalue weighted by Gasteiger charge is 2.69. The number of H-pyrrole nitrogens is 1. The summed E-state index contributed by atoms with van der Waals surface area (Å²) in [5.41, 5.74) is 3.27. The van der Waals surface area contributed by atoms with Crippen LogP contribution in [0.4, 0.5) is 11.4 Å². The molecule has 3 amide bonds. The van der Waals surface area contributed by atoms with E-state index in [1.807, 2.05) is 55.5 Å². The summed E-state index contributed by atoms with van der Waals surface area (Å²) in [6, 6.07) is 21.3. The average Bonchev–Trinajstić information content (AvgIpc) is 3.77. The molecule has 3 heterocycles. The number of phenols is 1. The molecule has 1 saturated heterocycles. The summed E-state index contributed by atoms with van der Waals surface area (Å²) in [6.07, 6.45) is 0.823. The SMILES string of the molecule is Cc1ccc(N2C(=O)C3C4CC(C3C2=O)C2C4Sc3[nH]c(=O)sc3[C@@H]2c2ccc(OCC(=O)Nc3ccc(O)cc3)cc2)cc1. The molecule has 2 bridgehead atoms. The lowest BCUT2D eigenvalue weighted by molar-refractivity contribution is -0.123. The third kappa shape index (κ3) is 4.59. The van der Waals surface area contributed by atoms with Crippen molar-refractivity contribution in [3.63, 3.8) is 0 Å². The predicted molar refractivity (Wildman–Crippen MR) is 171 cm³/mol. The van der Waals surface area contributed by atoms with Gasteiger partial charge in [0.25, 0.3) is 5.91 Å². The first-order chi connectivity index (χ1) is 21.8. The molecule has 0 spiro atoms. The Morgan fingerprint density at radius 1 is 0.956 bits per heavy atom. The molecule has 4 aliphatic rings. The minimum atomic E-state index is -0.361. The number of ether oxygens (including phenoxy) is 1. The monoisotopic (exact) mass is 639 g/mol. The Kier molecular flexibility index (Phi) is 6.65. The molecule has 7 atom stereocenters. The quantitative estimate of drug-likeness (QED) is 0.197. The number of aromatic nitrogens is 1. The standard InChI is InChI=1S/C34H29N3O6S2/c1-16-2-8-19(9-3-16)37-32(40)27-22-14-23(28(27)33(37)41)29-26(22)25(30-31(44-29)36-34(42)45-30)17-4-12-21(13-5-17)43-15-24(39)35-18-6-10-20(38)11-7-18/h2-13,22-23,25-29,38H,14-15H2,1H3,(H,35,39)(H,36,42)/t22?,23?,25-,26?,27?,28?,29?/m1/s1. The minimum absolute atomic E-state index is 0.0271. The molecule has 1 aromatic heterocycles. The van der Waals surface area contributed by atoms with Crippen molar-refractivity contribution in [2.75, 3.05) is 16.8 Å². The number of nitrogens with one attached hydrogen (secondary N) is 2. The van der Waals surface area contributed by atoms with Crippen molar-refractivity contribution in [1.82, 2.24) is 4.98 Å². The number of nitrogens with zero attached hydrogens (tertiary/aromatic N) is 1. The zero-order chi connectivity index (χ0) is 31.0. The molecule has 2 saturated carbocycles. The zero-order valence-corrected chi connectivity index (χ0v) is 25.8. The van der Waals surface area contributed by atoms with Crippen LogP contribution in [0.3, 0.4) is 0 Å². The fraction of sp³-hybridized carbons (Fsp3) is 0.294. The van der Waals surface area contributed by atoms with Crippen molar-refractivity contribution < 1.29 is 24.2 Å². The summed E-state index contributed by atoms with van der Waals surface area (Å²) in [5, 5.41) is 13.1. The second-order valence-corrected chi connectivity index (χ2v) is 14.5. The number of hydrogen-bond acceptors (Lipinski definition) is 8. The van der Waals surface area contributed by atoms with Gasteiger partial charge < -0.3 is 20.1 Å². The second-order valence-electron chi connectivity index (χ2n) is 12.3. The third-order valence-electron chi connectivity index (χ3n) is 9.78. The molecule has 9 nitrogen and oxygen atoms in total. The molecule has 2 aliphatic heterocycles. The Morgan fingerprint density at radius 3 is 2.36 bits per heavy atom. The van der Waals surface area contributed by atoms with Crippen molar-refractivity contribution in [3.05, 3.63) is 98.5 Å². The molecule has 0 radical (unpaired) electrons. The van der Waals surface area contributed by atoms with E-state index in [1.165, 1.54) is 28.4 Å². The summed E-state index contributed by atoms with van der Waals surface area (Å²) in [6.45, 7) is 1.79. The van der Waals surface area contributed by atoms with Crippen molar-refractivity contribution in [1.29, 1.82) is 0 Å². The number of aromatic hydroxyl groups is 1. The number of phenolic OH excluding ortho intramolecular Hbond substituents is 1. The molecule has 8 rings (SSSR count). The van der Waals surface area contributed by atoms with E-state index in [2.05, 4.69) is 10.3 Å². The lowest BCUT2D eigenvalue weighted by atomic mass is 9.68. The highest BCUT2D eigenvalue weighted by atomic mass is 32.2. The van der Waals surface area contributed by atoms with Crippen LogP contribution in [-0.4, -0.2) is 39.7 Å². The van der Waals surface area contributed by atoms with E-state index in [4.69, 9.17) is 4.74 Å². The normalized spacial score (nSPS) is 27.7. The Hall–Kier alpha value is -4.35. The fourth-order valence-electron chi connectivity index (χ4n) is 8.00. The van der Waals surface area contributed by atoms with E-state index in [-0.39, 0.29) is 75.7 Å². The fourth-order valence-corrected chi connectivity index (χ4v) is 10.9. The molecular weight excluding hydrogens is 611 g/mol. The highest BCUT2D eigenvalue weighted by molar-refractivity contribution is 8.00. The van der Waals surface area contributed by atoms with Crippen molar-refractivity contribution in [2.45, 2.75) is 29.5 Å². The Balaban J connectivity index is 1.05. The molecule has 3 fully saturated rings. The lowest BCUT2D eigenvalue weighted by Gasteiger charge is -2.43. The molecule has 45 heavy (non-hydrogen) atoms. The van der Waals surface area contributed by atoms with E-state index >= 15 is 0 Å². The number of fused-ring (bicyclic) bond motifs is 9. The van der Waals surface area contributed by atoms with E-state index in [1.54, 1.807) is 23.9 Å². The summed E-state index contributed by atoms with van der Waals surface area (Å²) in [5.74, 6) is -0.518. The van der Waals surface area contributed by atoms with Gasteiger partial charge >= 0.3 is 4.87 Å². The number of amides is 3. The van der Waals surface area contributed by atoms with Gasteiger partial charge in [-0.1, -0.05) is 41.2 Å². The van der Waals surface area contributed by atoms with Crippen LogP contribution in [0.15, 0.2) is 82.6 Å². The molecule has 228 valence electrons. The molecule has 11 heteroatoms. The van der Waals surface area contributed by atoms with Gasteiger partial charge in [-0.3, -0.25) is 24.1 Å². The van der Waals surface area contributed by atoms with Gasteiger partial charge in [0, 0.05) is 21.7 Å². The number of thiazole rings is 1. The summed E-state index contributed by atoms with van der Waals surface area (Å²) in [4.78, 5) is 58.0. The molecular formula is C34H29N3O6S2. The van der Waals surface area contributed by atoms with E-state index in [0.717, 1.165) is 27.5 Å². The topological polar surface area (TPSA) is 129 Å². The van der Waals surface area contributed by atoms with Crippen LogP contribution < -0.4 is 19.8 Å². The van der Waals surface area contributed by atoms with E-state index < -0.39 is 0 Å². The number of thioether (sulfide) groups is 1. The number of benzene rings is 3. The van der Waals surface area contributed by atoms with Gasteiger partial charge in [0.15, 0.2) is 6.61 Å². The van der Waals surface area contributed by atoms with E-state index in [0.29, 0.717) is 17.1 Å². The van der Waals surface area contributed by atoms with Gasteiger partial charge in [-0.25, -0.2) is 0 Å². The first kappa shape index (κ1) is 28.1. The number of imide groups is 1. The lowest BCUT2D eigenvalue weighted by Crippen LogP contribution is -2.42. The minimum Gasteiger partial charge on any atom is -0.508 e. The number of rotatable bonds is 6. The molecule has 3 aromatic carbocycles. The van der Waals surface area contributed by atoms with Crippen LogP contribution in [0.2, 0.25) is 0 Å². The van der Waals surface area contributed by atoms with Gasteiger partial charge in [0.1, 0.15) is 11.5 Å². The van der Waals surface area contributed by atoms with Crippen LogP contribution in [-0.2, 0) is 14.4 Å². The first-order valence-electron chi connectivity index (χ1n) is 14.9. The van der Waals surface area contributed by atoms with E-state index in [9.17, 15) is 24.3 Å². The largest absolute Gasteiger partial charge is 0.508 e. The van der Waals surface area contributed by atoms with Gasteiger partial charge in [-0.2, -0.15) is 0 Å². The Labute approximate surface area is 266 Å². The number of carbonyl (C=O) groups excluding carboxylic acids is 3. The summed E-state index contributed by atoms with van der Waals surface area (Å²) >= 11 is 2.89.